The van der Waals surface area contributed by atoms with E-state index in [1.807, 2.05) is 58.6 Å². The highest BCUT2D eigenvalue weighted by Crippen LogP contribution is 2.32. The number of benzene rings is 1. The fourth-order valence-corrected chi connectivity index (χ4v) is 5.11. The van der Waals surface area contributed by atoms with Crippen molar-refractivity contribution in [3.63, 3.8) is 0 Å². The van der Waals surface area contributed by atoms with Crippen molar-refractivity contribution < 1.29 is 9.59 Å². The maximum Gasteiger partial charge on any atom is 0.263 e. The Morgan fingerprint density at radius 3 is 2.32 bits per heavy atom. The van der Waals surface area contributed by atoms with E-state index in [-0.39, 0.29) is 17.7 Å². The van der Waals surface area contributed by atoms with Gasteiger partial charge in [0, 0.05) is 39.1 Å². The molecule has 0 spiro atoms. The second kappa shape index (κ2) is 8.26. The molecule has 0 saturated carbocycles. The highest BCUT2D eigenvalue weighted by molar-refractivity contribution is 7.12. The van der Waals surface area contributed by atoms with Crippen LogP contribution in [0.5, 0.6) is 0 Å². The number of anilines is 2. The number of rotatable bonds is 2. The lowest BCUT2D eigenvalue weighted by Gasteiger charge is -2.33. The van der Waals surface area contributed by atoms with Gasteiger partial charge in [0.25, 0.3) is 5.91 Å². The normalized spacial score (nSPS) is 17.5. The van der Waals surface area contributed by atoms with Crippen LogP contribution in [0, 0.1) is 5.92 Å². The summed E-state index contributed by atoms with van der Waals surface area (Å²) in [5.41, 5.74) is 1.63. The van der Waals surface area contributed by atoms with E-state index in [0.29, 0.717) is 38.3 Å². The average molecular weight is 436 g/mol. The summed E-state index contributed by atoms with van der Waals surface area (Å²) < 4.78 is 0. The van der Waals surface area contributed by atoms with Crippen LogP contribution < -0.4 is 9.80 Å². The molecule has 3 aromatic rings. The molecule has 0 aliphatic carbocycles. The van der Waals surface area contributed by atoms with Crippen molar-refractivity contribution in [3.05, 3.63) is 46.7 Å². The van der Waals surface area contributed by atoms with Crippen LogP contribution in [-0.4, -0.2) is 59.9 Å². The first-order valence-corrected chi connectivity index (χ1v) is 11.6. The molecule has 160 valence electrons. The third-order valence-electron chi connectivity index (χ3n) is 6.16. The summed E-state index contributed by atoms with van der Waals surface area (Å²) in [7, 11) is 2.00. The maximum atomic E-state index is 13.6. The number of nitrogens with zero attached hydrogens (tertiary/aromatic N) is 5. The third-order valence-corrected chi connectivity index (χ3v) is 7.01. The molecule has 0 atom stereocenters. The van der Waals surface area contributed by atoms with Crippen LogP contribution in [0.3, 0.4) is 0 Å². The molecule has 2 amide bonds. The van der Waals surface area contributed by atoms with Crippen LogP contribution >= 0.6 is 11.3 Å². The van der Waals surface area contributed by atoms with Crippen LogP contribution in [0.25, 0.3) is 11.0 Å². The van der Waals surface area contributed by atoms with Crippen molar-refractivity contribution in [2.45, 2.75) is 19.3 Å². The van der Waals surface area contributed by atoms with Crippen molar-refractivity contribution in [2.24, 2.45) is 5.92 Å². The second-order valence-corrected chi connectivity index (χ2v) is 9.12. The molecule has 0 radical (unpaired) electrons. The molecule has 8 heteroatoms. The molecular weight excluding hydrogens is 410 g/mol. The van der Waals surface area contributed by atoms with Crippen molar-refractivity contribution >= 4 is 45.8 Å². The van der Waals surface area contributed by atoms with E-state index in [9.17, 15) is 9.59 Å². The number of thiophene rings is 1. The van der Waals surface area contributed by atoms with Gasteiger partial charge in [-0.3, -0.25) is 14.5 Å². The van der Waals surface area contributed by atoms with Gasteiger partial charge in [-0.15, -0.1) is 11.3 Å². The topological polar surface area (TPSA) is 69.6 Å². The molecule has 2 aliphatic rings. The van der Waals surface area contributed by atoms with Gasteiger partial charge in [-0.05, 0) is 42.8 Å². The second-order valence-electron chi connectivity index (χ2n) is 8.17. The van der Waals surface area contributed by atoms with Crippen LogP contribution in [0.4, 0.5) is 11.6 Å². The van der Waals surface area contributed by atoms with Gasteiger partial charge >= 0.3 is 0 Å². The van der Waals surface area contributed by atoms with Gasteiger partial charge in [-0.1, -0.05) is 18.2 Å². The highest BCUT2D eigenvalue weighted by atomic mass is 32.1. The molecule has 1 aromatic carbocycles. The van der Waals surface area contributed by atoms with Crippen molar-refractivity contribution in [3.8, 4) is 0 Å². The summed E-state index contributed by atoms with van der Waals surface area (Å²) >= 11 is 1.46. The monoisotopic (exact) mass is 435 g/mol. The van der Waals surface area contributed by atoms with E-state index >= 15 is 0 Å². The molecule has 0 unspecified atom stereocenters. The van der Waals surface area contributed by atoms with Crippen LogP contribution in [0.15, 0.2) is 41.8 Å². The minimum absolute atomic E-state index is 0.0694. The molecule has 2 aromatic heterocycles. The van der Waals surface area contributed by atoms with Gasteiger partial charge in [-0.2, -0.15) is 0 Å². The summed E-state index contributed by atoms with van der Waals surface area (Å²) in [4.78, 5) is 42.4. The largest absolute Gasteiger partial charge is 0.357 e. The quantitative estimate of drug-likeness (QED) is 0.617. The molecule has 7 nitrogen and oxygen atoms in total. The van der Waals surface area contributed by atoms with Crippen LogP contribution in [0.2, 0.25) is 0 Å². The van der Waals surface area contributed by atoms with Crippen molar-refractivity contribution in [1.29, 1.82) is 0 Å². The lowest BCUT2D eigenvalue weighted by molar-refractivity contribution is -0.123. The standard InChI is InChI=1S/C23H25N5O2S/c1-26-11-5-12-28(21-20(26)24-17-6-2-3-7-18(17)25-21)22(29)16-9-13-27(14-10-16)23(30)19-8-4-15-31-19/h2-4,6-8,15-16H,5,9-14H2,1H3. The number of para-hydroxylation sites is 2. The number of aromatic nitrogens is 2. The molecular formula is C23H25N5O2S. The summed E-state index contributed by atoms with van der Waals surface area (Å²) in [5.74, 6) is 1.48. The SMILES string of the molecule is CN1CCCN(C(=O)C2CCN(C(=O)c3cccs3)CC2)c2nc3ccccc3nc21. The number of carbonyl (C=O) groups excluding carboxylic acids is 2. The first kappa shape index (κ1) is 19.9. The van der Waals surface area contributed by atoms with E-state index < -0.39 is 0 Å². The number of hydrogen-bond acceptors (Lipinski definition) is 6. The summed E-state index contributed by atoms with van der Waals surface area (Å²) in [6.45, 7) is 2.68. The van der Waals surface area contributed by atoms with Gasteiger partial charge in [-0.25, -0.2) is 9.97 Å². The van der Waals surface area contributed by atoms with Gasteiger partial charge in [0.15, 0.2) is 11.6 Å². The van der Waals surface area contributed by atoms with E-state index in [1.165, 1.54) is 11.3 Å². The van der Waals surface area contributed by atoms with Gasteiger partial charge in [0.05, 0.1) is 15.9 Å². The number of likely N-dealkylation sites (tertiary alicyclic amines) is 1. The van der Waals surface area contributed by atoms with Crippen LogP contribution in [-0.2, 0) is 4.79 Å². The number of piperidine rings is 1. The van der Waals surface area contributed by atoms with Gasteiger partial charge in [0.2, 0.25) is 5.91 Å². The molecule has 5 rings (SSSR count). The molecule has 1 saturated heterocycles. The molecule has 31 heavy (non-hydrogen) atoms. The van der Waals surface area contributed by atoms with Crippen molar-refractivity contribution in [1.82, 2.24) is 14.9 Å². The number of fused-ring (bicyclic) bond motifs is 2. The predicted molar refractivity (Wildman–Crippen MR) is 123 cm³/mol. The zero-order chi connectivity index (χ0) is 21.4. The molecule has 2 aliphatic heterocycles. The lowest BCUT2D eigenvalue weighted by atomic mass is 9.95. The Labute approximate surface area is 185 Å². The Balaban J connectivity index is 1.37. The Bertz CT molecular complexity index is 1110. The summed E-state index contributed by atoms with van der Waals surface area (Å²) in [6, 6.07) is 11.5. The number of amides is 2. The Hall–Kier alpha value is -3.00. The third kappa shape index (κ3) is 3.76. The maximum absolute atomic E-state index is 13.6. The molecule has 0 N–H and O–H groups in total. The van der Waals surface area contributed by atoms with Gasteiger partial charge < -0.3 is 9.80 Å². The first-order valence-electron chi connectivity index (χ1n) is 10.7. The zero-order valence-corrected chi connectivity index (χ0v) is 18.3. The molecule has 1 fully saturated rings. The van der Waals surface area contributed by atoms with Crippen LogP contribution in [0.1, 0.15) is 28.9 Å². The Morgan fingerprint density at radius 1 is 0.935 bits per heavy atom. The Kier molecular flexibility index (Phi) is 5.31. The minimum atomic E-state index is -0.100. The van der Waals surface area contributed by atoms with E-state index in [4.69, 9.17) is 9.97 Å². The van der Waals surface area contributed by atoms with Crippen molar-refractivity contribution in [2.75, 3.05) is 43.0 Å². The van der Waals surface area contributed by atoms with E-state index in [2.05, 4.69) is 4.90 Å². The Morgan fingerprint density at radius 2 is 1.65 bits per heavy atom. The highest BCUT2D eigenvalue weighted by Gasteiger charge is 2.34. The number of carbonyl (C=O) groups is 2. The smallest absolute Gasteiger partial charge is 0.263 e. The summed E-state index contributed by atoms with van der Waals surface area (Å²) in [6.07, 6.45) is 2.23. The predicted octanol–water partition coefficient (Wildman–Crippen LogP) is 3.42. The summed E-state index contributed by atoms with van der Waals surface area (Å²) in [5, 5.41) is 1.92. The first-order chi connectivity index (χ1) is 15.1. The van der Waals surface area contributed by atoms with Gasteiger partial charge in [0.1, 0.15) is 0 Å². The van der Waals surface area contributed by atoms with E-state index in [0.717, 1.165) is 34.7 Å². The fraction of sp³-hybridized carbons (Fsp3) is 0.391. The van der Waals surface area contributed by atoms with E-state index in [1.54, 1.807) is 0 Å². The number of hydrogen-bond donors (Lipinski definition) is 0. The fourth-order valence-electron chi connectivity index (χ4n) is 4.42. The zero-order valence-electron chi connectivity index (χ0n) is 17.5. The molecule has 4 heterocycles. The average Bonchev–Trinajstić information content (AvgIpc) is 3.30. The minimum Gasteiger partial charge on any atom is -0.357 e. The lowest BCUT2D eigenvalue weighted by Crippen LogP contribution is -2.45. The molecule has 0 bridgehead atoms.